The molecule has 1 aromatic heterocycles. The van der Waals surface area contributed by atoms with Crippen LogP contribution in [0.3, 0.4) is 0 Å². The van der Waals surface area contributed by atoms with E-state index in [0.29, 0.717) is 16.3 Å². The first-order valence-corrected chi connectivity index (χ1v) is 16.0. The molecule has 1 heterocycles. The molecule has 0 bridgehead atoms. The Balaban J connectivity index is 1.45. The van der Waals surface area contributed by atoms with E-state index in [9.17, 15) is 14.7 Å². The first kappa shape index (κ1) is 31.9. The minimum atomic E-state index is -1.89. The van der Waals surface area contributed by atoms with Gasteiger partial charge in [0.05, 0.1) is 7.11 Å². The zero-order valence-corrected chi connectivity index (χ0v) is 26.7. The van der Waals surface area contributed by atoms with Crippen LogP contribution in [-0.2, 0) is 30.3 Å². The van der Waals surface area contributed by atoms with Gasteiger partial charge in [-0.05, 0) is 16.7 Å². The molecule has 0 aliphatic heterocycles. The first-order chi connectivity index (χ1) is 23.5. The highest BCUT2D eigenvalue weighted by molar-refractivity contribution is 7.14. The van der Waals surface area contributed by atoms with E-state index in [2.05, 4.69) is 10.5 Å². The second kappa shape index (κ2) is 14.1. The van der Waals surface area contributed by atoms with E-state index in [0.717, 1.165) is 16.7 Å². The number of aliphatic carboxylic acids is 1. The van der Waals surface area contributed by atoms with Gasteiger partial charge in [-0.15, -0.1) is 11.3 Å². The number of carbonyl (C=O) groups excluding carboxylic acids is 1. The van der Waals surface area contributed by atoms with Gasteiger partial charge in [0.15, 0.2) is 5.13 Å². The fourth-order valence-corrected chi connectivity index (χ4v) is 6.48. The van der Waals surface area contributed by atoms with Gasteiger partial charge in [0.1, 0.15) is 11.2 Å². The van der Waals surface area contributed by atoms with Crippen molar-refractivity contribution in [3.05, 3.63) is 191 Å². The van der Waals surface area contributed by atoms with Gasteiger partial charge in [-0.25, -0.2) is 14.6 Å². The summed E-state index contributed by atoms with van der Waals surface area (Å²) in [4.78, 5) is 37.0. The summed E-state index contributed by atoms with van der Waals surface area (Å²) in [6.07, 6.45) is 0. The molecule has 0 atom stereocenters. The molecule has 5 aromatic carbocycles. The third-order valence-corrected chi connectivity index (χ3v) is 8.73. The van der Waals surface area contributed by atoms with E-state index in [4.69, 9.17) is 14.6 Å². The largest absolute Gasteiger partial charge is 0.476 e. The van der Waals surface area contributed by atoms with Gasteiger partial charge in [-0.3, -0.25) is 0 Å². The molecule has 2 N–H and O–H groups in total. The zero-order valence-electron chi connectivity index (χ0n) is 25.9. The second-order valence-electron chi connectivity index (χ2n) is 10.8. The summed E-state index contributed by atoms with van der Waals surface area (Å²) in [5.41, 5.74) is 0.511. The second-order valence-corrected chi connectivity index (χ2v) is 11.6. The number of hydrogen-bond acceptors (Lipinski definition) is 8. The highest BCUT2D eigenvalue weighted by Gasteiger charge is 2.47. The molecule has 48 heavy (non-hydrogen) atoms. The number of ether oxygens (including phenoxy) is 1. The molecule has 0 unspecified atom stereocenters. The number of aromatic nitrogens is 1. The van der Waals surface area contributed by atoms with Crippen molar-refractivity contribution in [3.63, 3.8) is 0 Å². The summed E-state index contributed by atoms with van der Waals surface area (Å²) in [7, 11) is 1.24. The number of thiazole rings is 1. The number of carboxylic acids is 1. The smallest absolute Gasteiger partial charge is 0.362 e. The van der Waals surface area contributed by atoms with Gasteiger partial charge < -0.3 is 20.0 Å². The lowest BCUT2D eigenvalue weighted by molar-refractivity contribution is -0.165. The van der Waals surface area contributed by atoms with E-state index < -0.39 is 28.8 Å². The summed E-state index contributed by atoms with van der Waals surface area (Å²) in [5.74, 6) is -2.15. The lowest BCUT2D eigenvalue weighted by Gasteiger charge is -2.36. The van der Waals surface area contributed by atoms with Crippen LogP contribution in [0.2, 0.25) is 0 Å². The normalized spacial score (nSPS) is 11.8. The molecule has 0 saturated heterocycles. The Morgan fingerprint density at radius 1 is 0.667 bits per heavy atom. The SMILES string of the molecule is COC(=O)C(O/N=C(\C(=O)O)c1csc(NC(c2ccccc2)(c2ccccc2)c2ccccc2)n1)(c1ccccc1)c1ccccc1. The number of carbonyl (C=O) groups is 2. The lowest BCUT2D eigenvalue weighted by atomic mass is 9.77. The standard InChI is InChI=1S/C39H31N3O5S/c1-46-36(45)39(31-23-13-5-14-24-31,32-25-15-6-16-26-32)47-42-34(35(43)44)33-27-48-37(40-33)41-38(28-17-7-2-8-18-28,29-19-9-3-10-20-29)30-21-11-4-12-22-30/h2-27H,1H3,(H,40,41)(H,43,44)/b42-34-. The first-order valence-electron chi connectivity index (χ1n) is 15.1. The van der Waals surface area contributed by atoms with Gasteiger partial charge in [0.2, 0.25) is 5.71 Å². The molecular formula is C39H31N3O5S. The Morgan fingerprint density at radius 2 is 1.06 bits per heavy atom. The van der Waals surface area contributed by atoms with Gasteiger partial charge in [0, 0.05) is 16.5 Å². The molecule has 0 aliphatic rings. The Hall–Kier alpha value is -6.06. The van der Waals surface area contributed by atoms with Gasteiger partial charge in [0.25, 0.3) is 5.60 Å². The molecule has 0 amide bonds. The molecule has 0 fully saturated rings. The van der Waals surface area contributed by atoms with Gasteiger partial charge >= 0.3 is 11.9 Å². The van der Waals surface area contributed by atoms with Crippen LogP contribution in [0.15, 0.2) is 162 Å². The summed E-state index contributed by atoms with van der Waals surface area (Å²) in [5, 5.41) is 20.1. The van der Waals surface area contributed by atoms with Crippen LogP contribution < -0.4 is 5.32 Å². The summed E-state index contributed by atoms with van der Waals surface area (Å²) < 4.78 is 5.20. The Labute approximate surface area is 282 Å². The van der Waals surface area contributed by atoms with Crippen LogP contribution in [0.4, 0.5) is 5.13 Å². The Bertz CT molecular complexity index is 1870. The fraction of sp³-hybridized carbons (Fsp3) is 0.0769. The number of nitrogens with one attached hydrogen (secondary N) is 1. The number of oxime groups is 1. The topological polar surface area (TPSA) is 110 Å². The zero-order chi connectivity index (χ0) is 33.4. The van der Waals surface area contributed by atoms with Crippen molar-refractivity contribution in [1.29, 1.82) is 0 Å². The van der Waals surface area contributed by atoms with Gasteiger partial charge in [-0.2, -0.15) is 0 Å². The van der Waals surface area contributed by atoms with E-state index in [1.807, 2.05) is 91.0 Å². The molecule has 0 spiro atoms. The van der Waals surface area contributed by atoms with Crippen molar-refractivity contribution in [1.82, 2.24) is 4.98 Å². The molecule has 0 radical (unpaired) electrons. The monoisotopic (exact) mass is 653 g/mol. The number of esters is 1. The summed E-state index contributed by atoms with van der Waals surface area (Å²) >= 11 is 1.23. The van der Waals surface area contributed by atoms with Crippen molar-refractivity contribution in [3.8, 4) is 0 Å². The van der Waals surface area contributed by atoms with Crippen molar-refractivity contribution in [2.24, 2.45) is 5.16 Å². The van der Waals surface area contributed by atoms with Crippen LogP contribution in [0.1, 0.15) is 33.5 Å². The molecule has 0 saturated carbocycles. The molecule has 238 valence electrons. The van der Waals surface area contributed by atoms with Crippen LogP contribution in [0.25, 0.3) is 0 Å². The molecular weight excluding hydrogens is 623 g/mol. The van der Waals surface area contributed by atoms with E-state index in [1.165, 1.54) is 18.4 Å². The average molecular weight is 654 g/mol. The van der Waals surface area contributed by atoms with Crippen molar-refractivity contribution < 1.29 is 24.3 Å². The third-order valence-electron chi connectivity index (χ3n) is 7.97. The molecule has 8 nitrogen and oxygen atoms in total. The highest BCUT2D eigenvalue weighted by Crippen LogP contribution is 2.41. The predicted octanol–water partition coefficient (Wildman–Crippen LogP) is 7.47. The average Bonchev–Trinajstić information content (AvgIpc) is 3.61. The minimum absolute atomic E-state index is 0.0537. The molecule has 9 heteroatoms. The molecule has 0 aliphatic carbocycles. The van der Waals surface area contributed by atoms with Crippen LogP contribution in [-0.4, -0.2) is 34.9 Å². The van der Waals surface area contributed by atoms with Crippen LogP contribution in [0.5, 0.6) is 0 Å². The van der Waals surface area contributed by atoms with E-state index in [1.54, 1.807) is 66.0 Å². The maximum absolute atomic E-state index is 13.5. The predicted molar refractivity (Wildman–Crippen MR) is 186 cm³/mol. The van der Waals surface area contributed by atoms with Gasteiger partial charge in [-0.1, -0.05) is 157 Å². The third kappa shape index (κ3) is 6.06. The number of methoxy groups -OCH3 is 1. The maximum atomic E-state index is 13.5. The quantitative estimate of drug-likeness (QED) is 0.0610. The van der Waals surface area contributed by atoms with Crippen molar-refractivity contribution in [2.75, 3.05) is 12.4 Å². The van der Waals surface area contributed by atoms with E-state index >= 15 is 0 Å². The number of rotatable bonds is 12. The summed E-state index contributed by atoms with van der Waals surface area (Å²) in [6, 6.07) is 47.4. The molecule has 6 rings (SSSR count). The Kier molecular flexibility index (Phi) is 9.40. The molecule has 6 aromatic rings. The lowest BCUT2D eigenvalue weighted by Crippen LogP contribution is -2.40. The van der Waals surface area contributed by atoms with Crippen LogP contribution >= 0.6 is 11.3 Å². The van der Waals surface area contributed by atoms with Crippen LogP contribution in [0, 0.1) is 0 Å². The number of nitrogens with zero attached hydrogens (tertiary/aromatic N) is 2. The number of benzene rings is 5. The van der Waals surface area contributed by atoms with E-state index in [-0.39, 0.29) is 5.69 Å². The number of anilines is 1. The number of carboxylic acid groups (broad SMARTS) is 1. The highest BCUT2D eigenvalue weighted by atomic mass is 32.1. The minimum Gasteiger partial charge on any atom is -0.476 e. The maximum Gasteiger partial charge on any atom is 0.362 e. The number of hydrogen-bond donors (Lipinski definition) is 2. The fourth-order valence-electron chi connectivity index (χ4n) is 5.73. The van der Waals surface area contributed by atoms with Crippen molar-refractivity contribution in [2.45, 2.75) is 11.1 Å². The van der Waals surface area contributed by atoms with Crippen molar-refractivity contribution >= 4 is 34.1 Å². The Morgan fingerprint density at radius 3 is 1.44 bits per heavy atom. The summed E-state index contributed by atoms with van der Waals surface area (Å²) in [6.45, 7) is 0.